The molecular formula is C18H18ClNO4. The highest BCUT2D eigenvalue weighted by atomic mass is 35.5. The minimum absolute atomic E-state index is 0.258. The van der Waals surface area contributed by atoms with Gasteiger partial charge in [-0.2, -0.15) is 0 Å². The van der Waals surface area contributed by atoms with Gasteiger partial charge in [-0.15, -0.1) is 0 Å². The van der Waals surface area contributed by atoms with Crippen molar-refractivity contribution >= 4 is 29.3 Å². The van der Waals surface area contributed by atoms with E-state index in [4.69, 9.17) is 25.8 Å². The molecule has 0 radical (unpaired) electrons. The van der Waals surface area contributed by atoms with E-state index in [1.165, 1.54) is 20.3 Å². The summed E-state index contributed by atoms with van der Waals surface area (Å²) in [6.07, 6.45) is 3.06. The van der Waals surface area contributed by atoms with Gasteiger partial charge in [-0.25, -0.2) is 0 Å². The molecule has 24 heavy (non-hydrogen) atoms. The number of nitrogens with one attached hydrogen (secondary N) is 1. The minimum atomic E-state index is -0.258. The molecule has 2 aromatic rings. The average molecular weight is 348 g/mol. The van der Waals surface area contributed by atoms with Crippen LogP contribution in [-0.4, -0.2) is 27.2 Å². The van der Waals surface area contributed by atoms with Gasteiger partial charge in [0.25, 0.3) is 0 Å². The van der Waals surface area contributed by atoms with Crippen LogP contribution in [-0.2, 0) is 4.79 Å². The lowest BCUT2D eigenvalue weighted by Crippen LogP contribution is -2.07. The van der Waals surface area contributed by atoms with E-state index in [0.717, 1.165) is 11.3 Å². The molecule has 0 spiro atoms. The SMILES string of the molecule is COc1ccc(NC(=O)/C=C/c2cc(Cl)c(OC)c(OC)c2)cc1. The predicted molar refractivity (Wildman–Crippen MR) is 95.2 cm³/mol. The third-order valence-electron chi connectivity index (χ3n) is 3.24. The molecule has 0 aliphatic carbocycles. The van der Waals surface area contributed by atoms with Crippen LogP contribution >= 0.6 is 11.6 Å². The zero-order chi connectivity index (χ0) is 17.5. The van der Waals surface area contributed by atoms with Gasteiger partial charge < -0.3 is 19.5 Å². The maximum atomic E-state index is 12.0. The van der Waals surface area contributed by atoms with Crippen LogP contribution in [0, 0.1) is 0 Å². The van der Waals surface area contributed by atoms with Crippen molar-refractivity contribution in [1.29, 1.82) is 0 Å². The lowest BCUT2D eigenvalue weighted by molar-refractivity contribution is -0.111. The first kappa shape index (κ1) is 17.7. The normalized spacial score (nSPS) is 10.5. The molecule has 0 saturated heterocycles. The summed E-state index contributed by atoms with van der Waals surface area (Å²) in [6.45, 7) is 0. The largest absolute Gasteiger partial charge is 0.497 e. The number of amides is 1. The van der Waals surface area contributed by atoms with Crippen LogP contribution in [0.3, 0.4) is 0 Å². The number of anilines is 1. The Morgan fingerprint density at radius 3 is 2.33 bits per heavy atom. The Labute approximate surface area is 145 Å². The lowest BCUT2D eigenvalue weighted by atomic mass is 10.2. The minimum Gasteiger partial charge on any atom is -0.497 e. The van der Waals surface area contributed by atoms with Crippen molar-refractivity contribution in [2.75, 3.05) is 26.6 Å². The first-order valence-corrected chi connectivity index (χ1v) is 7.49. The zero-order valence-electron chi connectivity index (χ0n) is 13.6. The van der Waals surface area contributed by atoms with E-state index in [-0.39, 0.29) is 5.91 Å². The van der Waals surface area contributed by atoms with E-state index in [1.807, 2.05) is 0 Å². The Morgan fingerprint density at radius 1 is 1.04 bits per heavy atom. The molecule has 2 aromatic carbocycles. The highest BCUT2D eigenvalue weighted by Gasteiger charge is 2.09. The Bertz CT molecular complexity index is 741. The van der Waals surface area contributed by atoms with Crippen molar-refractivity contribution in [2.45, 2.75) is 0 Å². The number of ether oxygens (including phenoxy) is 3. The topological polar surface area (TPSA) is 56.8 Å². The van der Waals surface area contributed by atoms with E-state index in [0.29, 0.717) is 22.2 Å². The number of halogens is 1. The van der Waals surface area contributed by atoms with Crippen molar-refractivity contribution in [2.24, 2.45) is 0 Å². The van der Waals surface area contributed by atoms with Gasteiger partial charge >= 0.3 is 0 Å². The molecule has 5 nitrogen and oxygen atoms in total. The average Bonchev–Trinajstić information content (AvgIpc) is 2.60. The van der Waals surface area contributed by atoms with E-state index in [9.17, 15) is 4.79 Å². The molecule has 0 heterocycles. The first-order chi connectivity index (χ1) is 11.6. The van der Waals surface area contributed by atoms with Gasteiger partial charge in [-0.3, -0.25) is 4.79 Å². The van der Waals surface area contributed by atoms with Gasteiger partial charge in [-0.05, 0) is 48.0 Å². The molecule has 0 aliphatic rings. The zero-order valence-corrected chi connectivity index (χ0v) is 14.4. The first-order valence-electron chi connectivity index (χ1n) is 7.12. The summed E-state index contributed by atoms with van der Waals surface area (Å²) >= 11 is 6.14. The summed E-state index contributed by atoms with van der Waals surface area (Å²) < 4.78 is 15.5. The van der Waals surface area contributed by atoms with Crippen LogP contribution in [0.1, 0.15) is 5.56 Å². The molecule has 0 fully saturated rings. The maximum Gasteiger partial charge on any atom is 0.248 e. The van der Waals surface area contributed by atoms with Gasteiger partial charge in [0.15, 0.2) is 11.5 Å². The summed E-state index contributed by atoms with van der Waals surface area (Å²) in [5.41, 5.74) is 1.40. The Kier molecular flexibility index (Phi) is 6.09. The van der Waals surface area contributed by atoms with E-state index >= 15 is 0 Å². The molecule has 1 amide bonds. The Hall–Kier alpha value is -2.66. The second-order valence-electron chi connectivity index (χ2n) is 4.79. The molecule has 6 heteroatoms. The monoisotopic (exact) mass is 347 g/mol. The third-order valence-corrected chi connectivity index (χ3v) is 3.52. The van der Waals surface area contributed by atoms with E-state index in [1.54, 1.807) is 49.6 Å². The Balaban J connectivity index is 2.09. The molecule has 0 unspecified atom stereocenters. The molecule has 0 bridgehead atoms. The molecule has 126 valence electrons. The molecular weight excluding hydrogens is 330 g/mol. The fourth-order valence-electron chi connectivity index (χ4n) is 2.06. The van der Waals surface area contributed by atoms with Gasteiger partial charge in [0.2, 0.25) is 5.91 Å². The number of hydrogen-bond donors (Lipinski definition) is 1. The highest BCUT2D eigenvalue weighted by Crippen LogP contribution is 2.36. The summed E-state index contributed by atoms with van der Waals surface area (Å²) in [6, 6.07) is 10.5. The van der Waals surface area contributed by atoms with Crippen molar-refractivity contribution < 1.29 is 19.0 Å². The van der Waals surface area contributed by atoms with Gasteiger partial charge in [-0.1, -0.05) is 11.6 Å². The summed E-state index contributed by atoms with van der Waals surface area (Å²) in [4.78, 5) is 12.0. The van der Waals surface area contributed by atoms with Gasteiger partial charge in [0, 0.05) is 11.8 Å². The van der Waals surface area contributed by atoms with Crippen molar-refractivity contribution in [3.05, 3.63) is 53.1 Å². The van der Waals surface area contributed by atoms with Crippen molar-refractivity contribution in [3.63, 3.8) is 0 Å². The number of rotatable bonds is 6. The lowest BCUT2D eigenvalue weighted by Gasteiger charge is -2.10. The van der Waals surface area contributed by atoms with Crippen LogP contribution < -0.4 is 19.5 Å². The number of hydrogen-bond acceptors (Lipinski definition) is 4. The second-order valence-corrected chi connectivity index (χ2v) is 5.20. The highest BCUT2D eigenvalue weighted by molar-refractivity contribution is 6.32. The van der Waals surface area contributed by atoms with Crippen LogP contribution in [0.15, 0.2) is 42.5 Å². The number of carbonyl (C=O) groups is 1. The third kappa shape index (κ3) is 4.43. The number of methoxy groups -OCH3 is 3. The van der Waals surface area contributed by atoms with E-state index in [2.05, 4.69) is 5.32 Å². The fourth-order valence-corrected chi connectivity index (χ4v) is 2.36. The van der Waals surface area contributed by atoms with Crippen LogP contribution in [0.4, 0.5) is 5.69 Å². The fraction of sp³-hybridized carbons (Fsp3) is 0.167. The van der Waals surface area contributed by atoms with Gasteiger partial charge in [0.05, 0.1) is 26.4 Å². The summed E-state index contributed by atoms with van der Waals surface area (Å²) in [7, 11) is 4.63. The summed E-state index contributed by atoms with van der Waals surface area (Å²) in [5.74, 6) is 1.42. The van der Waals surface area contributed by atoms with Crippen LogP contribution in [0.5, 0.6) is 17.2 Å². The molecule has 1 N–H and O–H groups in total. The summed E-state index contributed by atoms with van der Waals surface area (Å²) in [5, 5.41) is 3.17. The molecule has 0 saturated carbocycles. The Morgan fingerprint density at radius 2 is 1.75 bits per heavy atom. The predicted octanol–water partition coefficient (Wildman–Crippen LogP) is 4.02. The second kappa shape index (κ2) is 8.26. The standard InChI is InChI=1S/C18H18ClNO4/c1-22-14-7-5-13(6-8-14)20-17(21)9-4-12-10-15(19)18(24-3)16(11-12)23-2/h4-11H,1-3H3,(H,20,21)/b9-4+. The maximum absolute atomic E-state index is 12.0. The number of benzene rings is 2. The molecule has 0 aromatic heterocycles. The molecule has 0 atom stereocenters. The van der Waals surface area contributed by atoms with Crippen LogP contribution in [0.2, 0.25) is 5.02 Å². The van der Waals surface area contributed by atoms with Crippen LogP contribution in [0.25, 0.3) is 6.08 Å². The van der Waals surface area contributed by atoms with Crippen molar-refractivity contribution in [1.82, 2.24) is 0 Å². The number of carbonyl (C=O) groups excluding carboxylic acids is 1. The van der Waals surface area contributed by atoms with Gasteiger partial charge in [0.1, 0.15) is 5.75 Å². The molecule has 2 rings (SSSR count). The van der Waals surface area contributed by atoms with Crippen molar-refractivity contribution in [3.8, 4) is 17.2 Å². The molecule has 0 aliphatic heterocycles. The quantitative estimate of drug-likeness (QED) is 0.802. The van der Waals surface area contributed by atoms with E-state index < -0.39 is 0 Å². The smallest absolute Gasteiger partial charge is 0.248 e.